The highest BCUT2D eigenvalue weighted by Crippen LogP contribution is 2.69. The van der Waals surface area contributed by atoms with Gasteiger partial charge in [-0.25, -0.2) is 15.0 Å². The molecule has 0 saturated heterocycles. The topological polar surface area (TPSA) is 38.7 Å². The minimum absolute atomic E-state index is 0.0816. The second kappa shape index (κ2) is 15.7. The summed E-state index contributed by atoms with van der Waals surface area (Å²) in [6.07, 6.45) is 6.89. The van der Waals surface area contributed by atoms with Crippen LogP contribution >= 0.6 is 0 Å². The van der Waals surface area contributed by atoms with Crippen LogP contribution in [-0.2, 0) is 5.41 Å². The monoisotopic (exact) mass is 871 g/mol. The minimum atomic E-state index is 0.0816. The van der Waals surface area contributed by atoms with Crippen LogP contribution in [-0.4, -0.2) is 15.0 Å². The van der Waals surface area contributed by atoms with E-state index >= 15 is 0 Å². The zero-order chi connectivity index (χ0) is 44.8. The molecule has 0 amide bonds. The molecule has 1 aromatic heterocycles. The van der Waals surface area contributed by atoms with Gasteiger partial charge >= 0.3 is 0 Å². The van der Waals surface area contributed by atoms with E-state index in [-0.39, 0.29) is 5.41 Å². The normalized spacial score (nSPS) is 20.7. The van der Waals surface area contributed by atoms with Crippen LogP contribution in [0.25, 0.3) is 101 Å². The summed E-state index contributed by atoms with van der Waals surface area (Å²) >= 11 is 0. The molecule has 10 aromatic rings. The molecule has 1 spiro atoms. The molecule has 9 aromatic carbocycles. The number of aromatic nitrogens is 3. The lowest BCUT2D eigenvalue weighted by molar-refractivity contribution is -0.0399. The zero-order valence-corrected chi connectivity index (χ0v) is 37.9. The van der Waals surface area contributed by atoms with Crippen LogP contribution in [0, 0.1) is 23.7 Å². The summed E-state index contributed by atoms with van der Waals surface area (Å²) in [5, 5.41) is 2.45. The van der Waals surface area contributed by atoms with Crippen LogP contribution in [0.3, 0.4) is 0 Å². The molecule has 1 heterocycles. The summed E-state index contributed by atoms with van der Waals surface area (Å²) in [4.78, 5) is 16.0. The van der Waals surface area contributed by atoms with Crippen molar-refractivity contribution in [3.05, 3.63) is 223 Å². The van der Waals surface area contributed by atoms with Crippen LogP contribution in [0.4, 0.5) is 0 Å². The number of benzene rings is 9. The highest BCUT2D eigenvalue weighted by atomic mass is 15.0. The molecule has 4 bridgehead atoms. The lowest BCUT2D eigenvalue weighted by atomic mass is 9.43. The third-order valence-corrected chi connectivity index (χ3v) is 16.3. The van der Waals surface area contributed by atoms with Gasteiger partial charge in [-0.05, 0) is 164 Å². The fraction of sp³-hybridized carbons (Fsp3) is 0.154. The Morgan fingerprint density at radius 1 is 0.279 bits per heavy atom. The van der Waals surface area contributed by atoms with E-state index in [1.165, 1.54) is 81.8 Å². The van der Waals surface area contributed by atoms with Gasteiger partial charge in [0.15, 0.2) is 17.5 Å². The van der Waals surface area contributed by atoms with Gasteiger partial charge in [-0.2, -0.15) is 0 Å². The van der Waals surface area contributed by atoms with Crippen molar-refractivity contribution in [2.45, 2.75) is 37.5 Å². The van der Waals surface area contributed by atoms with E-state index in [1.807, 2.05) is 0 Å². The van der Waals surface area contributed by atoms with Crippen molar-refractivity contribution in [1.29, 1.82) is 0 Å². The van der Waals surface area contributed by atoms with Crippen molar-refractivity contribution in [3.8, 4) is 89.8 Å². The predicted octanol–water partition coefficient (Wildman–Crippen LogP) is 16.4. The minimum Gasteiger partial charge on any atom is -0.208 e. The van der Waals surface area contributed by atoms with Crippen molar-refractivity contribution in [2.75, 3.05) is 0 Å². The fourth-order valence-electron chi connectivity index (χ4n) is 13.4. The molecule has 15 rings (SSSR count). The first-order chi connectivity index (χ1) is 33.6. The summed E-state index contributed by atoms with van der Waals surface area (Å²) in [5.74, 6) is 5.12. The summed E-state index contributed by atoms with van der Waals surface area (Å²) in [6, 6.07) is 77.6. The van der Waals surface area contributed by atoms with Crippen molar-refractivity contribution in [3.63, 3.8) is 0 Å². The van der Waals surface area contributed by atoms with Crippen LogP contribution in [0.5, 0.6) is 0 Å². The second-order valence-corrected chi connectivity index (χ2v) is 20.0. The summed E-state index contributed by atoms with van der Waals surface area (Å²) in [7, 11) is 0. The van der Waals surface area contributed by atoms with Gasteiger partial charge in [0.1, 0.15) is 0 Å². The fourth-order valence-corrected chi connectivity index (χ4v) is 13.4. The van der Waals surface area contributed by atoms with Crippen molar-refractivity contribution in [2.24, 2.45) is 23.7 Å². The SMILES string of the molecule is c1ccc(-c2ccc(-c3nc(-c4ccc(-c5ccccc5)cc4)nc(-c4cc(-c5ccc6c(c5)C5(c7ccccc7-6)C6CC7CC(C6)CC5C7)cc(-c5ccc6ccccc6c5)c4)n3)cc2)cc1. The summed E-state index contributed by atoms with van der Waals surface area (Å²) in [5.41, 5.74) is 18.4. The number of hydrogen-bond acceptors (Lipinski definition) is 3. The van der Waals surface area contributed by atoms with E-state index in [9.17, 15) is 0 Å². The molecule has 324 valence electrons. The van der Waals surface area contributed by atoms with Gasteiger partial charge in [0.25, 0.3) is 0 Å². The second-order valence-electron chi connectivity index (χ2n) is 20.0. The predicted molar refractivity (Wildman–Crippen MR) is 279 cm³/mol. The number of rotatable bonds is 7. The van der Waals surface area contributed by atoms with E-state index in [1.54, 1.807) is 11.1 Å². The van der Waals surface area contributed by atoms with Gasteiger partial charge in [-0.3, -0.25) is 0 Å². The average molecular weight is 872 g/mol. The lowest BCUT2D eigenvalue weighted by Crippen LogP contribution is -2.55. The molecule has 5 aliphatic rings. The van der Waals surface area contributed by atoms with E-state index in [0.29, 0.717) is 29.3 Å². The Hall–Kier alpha value is -7.75. The molecule has 3 heteroatoms. The number of fused-ring (bicyclic) bond motifs is 4. The lowest BCUT2D eigenvalue weighted by Gasteiger charge is -2.61. The first kappa shape index (κ1) is 39.4. The number of nitrogens with zero attached hydrogens (tertiary/aromatic N) is 3. The smallest absolute Gasteiger partial charge is 0.164 e. The zero-order valence-electron chi connectivity index (χ0n) is 37.9. The molecular formula is C65H49N3. The molecular weight excluding hydrogens is 823 g/mol. The molecule has 4 fully saturated rings. The largest absolute Gasteiger partial charge is 0.208 e. The third kappa shape index (κ3) is 6.43. The molecule has 0 atom stereocenters. The first-order valence-corrected chi connectivity index (χ1v) is 24.6. The van der Waals surface area contributed by atoms with Gasteiger partial charge in [0.2, 0.25) is 0 Å². The molecule has 3 nitrogen and oxygen atoms in total. The Balaban J connectivity index is 0.949. The summed E-state index contributed by atoms with van der Waals surface area (Å²) < 4.78 is 0. The number of hydrogen-bond donors (Lipinski definition) is 0. The van der Waals surface area contributed by atoms with Crippen molar-refractivity contribution >= 4 is 10.8 Å². The Bertz CT molecular complexity index is 3430. The molecule has 0 N–H and O–H groups in total. The van der Waals surface area contributed by atoms with Crippen LogP contribution < -0.4 is 0 Å². The van der Waals surface area contributed by atoms with Gasteiger partial charge in [-0.15, -0.1) is 0 Å². The van der Waals surface area contributed by atoms with Crippen molar-refractivity contribution in [1.82, 2.24) is 15.0 Å². The van der Waals surface area contributed by atoms with E-state index in [0.717, 1.165) is 45.2 Å². The molecule has 4 saturated carbocycles. The Morgan fingerprint density at radius 3 is 1.31 bits per heavy atom. The standard InChI is InChI=1S/C65H49N3/c1-3-11-43(12-4-1)46-19-24-48(25-20-46)62-66-63(49-26-21-47(22-27-49)44-13-5-2-6-14-44)68-64(67-62)55-38-53(51-28-23-45-15-7-8-16-50(45)36-51)37-54(39-55)52-29-30-59-58-17-9-10-18-60(58)65(61(59)40-52)56-32-41-31-42(34-56)35-57(65)33-41/h1-30,36-42,56-57H,31-35H2. The van der Waals surface area contributed by atoms with Crippen LogP contribution in [0.1, 0.15) is 43.2 Å². The molecule has 0 aliphatic heterocycles. The maximum absolute atomic E-state index is 5.37. The Kier molecular flexibility index (Phi) is 9.09. The Labute approximate surface area is 398 Å². The van der Waals surface area contributed by atoms with E-state index in [4.69, 9.17) is 15.0 Å². The maximum atomic E-state index is 5.37. The van der Waals surface area contributed by atoms with E-state index in [2.05, 4.69) is 212 Å². The molecule has 68 heavy (non-hydrogen) atoms. The molecule has 0 radical (unpaired) electrons. The van der Waals surface area contributed by atoms with Crippen LogP contribution in [0.2, 0.25) is 0 Å². The Morgan fingerprint density at radius 2 is 0.706 bits per heavy atom. The van der Waals surface area contributed by atoms with Crippen LogP contribution in [0.15, 0.2) is 212 Å². The van der Waals surface area contributed by atoms with Crippen molar-refractivity contribution < 1.29 is 0 Å². The highest BCUT2D eigenvalue weighted by molar-refractivity contribution is 5.90. The maximum Gasteiger partial charge on any atom is 0.164 e. The molecule has 5 aliphatic carbocycles. The summed E-state index contributed by atoms with van der Waals surface area (Å²) in [6.45, 7) is 0. The average Bonchev–Trinajstić information content (AvgIpc) is 3.70. The third-order valence-electron chi connectivity index (χ3n) is 16.3. The van der Waals surface area contributed by atoms with E-state index < -0.39 is 0 Å². The highest BCUT2D eigenvalue weighted by Gasteiger charge is 2.61. The van der Waals surface area contributed by atoms with Gasteiger partial charge < -0.3 is 0 Å². The van der Waals surface area contributed by atoms with Gasteiger partial charge in [-0.1, -0.05) is 182 Å². The molecule has 0 unspecified atom stereocenters. The quantitative estimate of drug-likeness (QED) is 0.160. The first-order valence-electron chi connectivity index (χ1n) is 24.6. The van der Waals surface area contributed by atoms with Gasteiger partial charge in [0, 0.05) is 22.1 Å². The van der Waals surface area contributed by atoms with Gasteiger partial charge in [0.05, 0.1) is 0 Å².